The maximum atomic E-state index is 10.9. The summed E-state index contributed by atoms with van der Waals surface area (Å²) in [5.74, 6) is -0.390. The van der Waals surface area contributed by atoms with E-state index in [9.17, 15) is 14.9 Å². The van der Waals surface area contributed by atoms with E-state index in [1.54, 1.807) is 12.1 Å². The van der Waals surface area contributed by atoms with Crippen LogP contribution in [0.25, 0.3) is 0 Å². The molecule has 19 heavy (non-hydrogen) atoms. The minimum Gasteiger partial charge on any atom is -0.370 e. The van der Waals surface area contributed by atoms with Gasteiger partial charge < -0.3 is 11.1 Å². The number of carbonyl (C=O) groups is 1. The third-order valence-corrected chi connectivity index (χ3v) is 3.27. The van der Waals surface area contributed by atoms with Crippen LogP contribution in [0.4, 0.5) is 5.69 Å². The summed E-state index contributed by atoms with van der Waals surface area (Å²) in [7, 11) is 0. The van der Waals surface area contributed by atoms with E-state index in [-0.39, 0.29) is 18.0 Å². The fourth-order valence-corrected chi connectivity index (χ4v) is 2.04. The van der Waals surface area contributed by atoms with Gasteiger partial charge >= 0.3 is 0 Å². The van der Waals surface area contributed by atoms with Crippen LogP contribution in [-0.4, -0.2) is 16.4 Å². The molecule has 3 N–H and O–H groups in total. The predicted molar refractivity (Wildman–Crippen MR) is 75.5 cm³/mol. The first-order valence-electron chi connectivity index (χ1n) is 5.67. The molecule has 0 atom stereocenters. The molecule has 0 aliphatic carbocycles. The molecule has 7 heteroatoms. The highest BCUT2D eigenvalue weighted by Crippen LogP contribution is 2.25. The molecule has 0 heterocycles. The van der Waals surface area contributed by atoms with Crippen molar-refractivity contribution in [2.45, 2.75) is 32.4 Å². The Morgan fingerprint density at radius 1 is 1.53 bits per heavy atom. The summed E-state index contributed by atoms with van der Waals surface area (Å²) >= 11 is 3.13. The lowest BCUT2D eigenvalue weighted by atomic mass is 10.00. The molecule has 1 amide bonds. The lowest BCUT2D eigenvalue weighted by Crippen LogP contribution is -2.42. The third-order valence-electron chi connectivity index (χ3n) is 2.59. The van der Waals surface area contributed by atoms with Gasteiger partial charge in [-0.1, -0.05) is 6.07 Å². The van der Waals surface area contributed by atoms with Gasteiger partial charge in [0.25, 0.3) is 5.69 Å². The van der Waals surface area contributed by atoms with Crippen molar-refractivity contribution in [2.75, 3.05) is 0 Å². The molecule has 0 unspecified atom stereocenters. The van der Waals surface area contributed by atoms with E-state index in [1.807, 2.05) is 13.8 Å². The molecule has 0 aliphatic rings. The number of nitrogens with two attached hydrogens (primary N) is 1. The molecule has 0 spiro atoms. The van der Waals surface area contributed by atoms with Gasteiger partial charge in [0.1, 0.15) is 0 Å². The maximum Gasteiger partial charge on any atom is 0.283 e. The Morgan fingerprint density at radius 2 is 2.16 bits per heavy atom. The molecule has 0 bridgehead atoms. The number of halogens is 1. The van der Waals surface area contributed by atoms with Gasteiger partial charge in [0.2, 0.25) is 5.91 Å². The number of amides is 1. The van der Waals surface area contributed by atoms with Gasteiger partial charge in [0.05, 0.1) is 9.40 Å². The normalized spacial score (nSPS) is 11.3. The molecule has 0 saturated carbocycles. The third kappa shape index (κ3) is 4.96. The Bertz CT molecular complexity index is 503. The number of hydrogen-bond acceptors (Lipinski definition) is 4. The number of rotatable bonds is 6. The Balaban J connectivity index is 2.76. The fraction of sp³-hybridized carbons (Fsp3) is 0.417. The van der Waals surface area contributed by atoms with E-state index >= 15 is 0 Å². The van der Waals surface area contributed by atoms with Gasteiger partial charge in [-0.25, -0.2) is 0 Å². The van der Waals surface area contributed by atoms with E-state index in [0.717, 1.165) is 5.56 Å². The monoisotopic (exact) mass is 329 g/mol. The van der Waals surface area contributed by atoms with Crippen molar-refractivity contribution in [3.63, 3.8) is 0 Å². The van der Waals surface area contributed by atoms with Crippen LogP contribution in [0.3, 0.4) is 0 Å². The Kier molecular flexibility index (Phi) is 5.02. The Labute approximate surface area is 119 Å². The Hall–Kier alpha value is -1.47. The molecule has 0 aromatic heterocycles. The van der Waals surface area contributed by atoms with Gasteiger partial charge in [-0.2, -0.15) is 0 Å². The van der Waals surface area contributed by atoms with E-state index < -0.39 is 10.5 Å². The molecule has 6 nitrogen and oxygen atoms in total. The molecule has 1 rings (SSSR count). The number of nitro benzene ring substituents is 1. The van der Waals surface area contributed by atoms with Crippen LogP contribution in [0.1, 0.15) is 25.8 Å². The molecular formula is C12H16BrN3O3. The molecule has 0 aliphatic heterocycles. The molecule has 0 radical (unpaired) electrons. The highest BCUT2D eigenvalue weighted by atomic mass is 79.9. The van der Waals surface area contributed by atoms with Gasteiger partial charge in [-0.15, -0.1) is 0 Å². The minimum atomic E-state index is -0.451. The van der Waals surface area contributed by atoms with Crippen LogP contribution >= 0.6 is 15.9 Å². The topological polar surface area (TPSA) is 98.3 Å². The maximum absolute atomic E-state index is 10.9. The molecule has 0 saturated heterocycles. The molecule has 1 aromatic carbocycles. The standard InChI is InChI=1S/C12H16BrN3O3/c1-12(2,6-11(14)17)15-7-8-3-4-9(13)10(5-8)16(18)19/h3-5,15H,6-7H2,1-2H3,(H2,14,17). The van der Waals surface area contributed by atoms with Crippen LogP contribution in [0.5, 0.6) is 0 Å². The quantitative estimate of drug-likeness (QED) is 0.616. The van der Waals surface area contributed by atoms with Gasteiger partial charge in [0.15, 0.2) is 0 Å². The van der Waals surface area contributed by atoms with Crippen molar-refractivity contribution < 1.29 is 9.72 Å². The van der Waals surface area contributed by atoms with Crippen LogP contribution in [0.2, 0.25) is 0 Å². The Morgan fingerprint density at radius 3 is 2.68 bits per heavy atom. The smallest absolute Gasteiger partial charge is 0.283 e. The van der Waals surface area contributed by atoms with Crippen molar-refractivity contribution in [1.29, 1.82) is 0 Å². The van der Waals surface area contributed by atoms with Crippen molar-refractivity contribution in [3.05, 3.63) is 38.3 Å². The first-order chi connectivity index (χ1) is 8.71. The fourth-order valence-electron chi connectivity index (χ4n) is 1.65. The lowest BCUT2D eigenvalue weighted by Gasteiger charge is -2.24. The number of nitrogens with zero attached hydrogens (tertiary/aromatic N) is 1. The van der Waals surface area contributed by atoms with E-state index in [2.05, 4.69) is 21.2 Å². The second kappa shape index (κ2) is 6.12. The number of benzene rings is 1. The van der Waals surface area contributed by atoms with Crippen molar-refractivity contribution in [3.8, 4) is 0 Å². The minimum absolute atomic E-state index is 0.0204. The second-order valence-electron chi connectivity index (χ2n) is 4.92. The zero-order valence-corrected chi connectivity index (χ0v) is 12.4. The highest BCUT2D eigenvalue weighted by Gasteiger charge is 2.20. The largest absolute Gasteiger partial charge is 0.370 e. The number of nitrogens with one attached hydrogen (secondary N) is 1. The van der Waals surface area contributed by atoms with E-state index in [0.29, 0.717) is 11.0 Å². The average molecular weight is 330 g/mol. The first-order valence-corrected chi connectivity index (χ1v) is 6.47. The average Bonchev–Trinajstić information content (AvgIpc) is 2.26. The summed E-state index contributed by atoms with van der Waals surface area (Å²) in [4.78, 5) is 21.3. The van der Waals surface area contributed by atoms with Crippen LogP contribution in [-0.2, 0) is 11.3 Å². The van der Waals surface area contributed by atoms with Gasteiger partial charge in [-0.05, 0) is 41.4 Å². The van der Waals surface area contributed by atoms with Crippen molar-refractivity contribution in [2.24, 2.45) is 5.73 Å². The summed E-state index contributed by atoms with van der Waals surface area (Å²) in [5.41, 5.74) is 5.50. The van der Waals surface area contributed by atoms with Crippen LogP contribution in [0, 0.1) is 10.1 Å². The van der Waals surface area contributed by atoms with E-state index in [4.69, 9.17) is 5.73 Å². The number of hydrogen-bond donors (Lipinski definition) is 2. The number of primary amides is 1. The highest BCUT2D eigenvalue weighted by molar-refractivity contribution is 9.10. The van der Waals surface area contributed by atoms with Crippen molar-refractivity contribution >= 4 is 27.5 Å². The summed E-state index contributed by atoms with van der Waals surface area (Å²) in [6.07, 6.45) is 0.200. The van der Waals surface area contributed by atoms with Gasteiger partial charge in [-0.3, -0.25) is 14.9 Å². The summed E-state index contributed by atoms with van der Waals surface area (Å²) in [5, 5.41) is 14.0. The van der Waals surface area contributed by atoms with E-state index in [1.165, 1.54) is 6.07 Å². The second-order valence-corrected chi connectivity index (χ2v) is 5.78. The summed E-state index contributed by atoms with van der Waals surface area (Å²) < 4.78 is 0.442. The first kappa shape index (κ1) is 15.6. The lowest BCUT2D eigenvalue weighted by molar-refractivity contribution is -0.385. The van der Waals surface area contributed by atoms with Crippen molar-refractivity contribution in [1.82, 2.24) is 5.32 Å². The number of nitro groups is 1. The summed E-state index contributed by atoms with van der Waals surface area (Å²) in [6, 6.07) is 4.91. The van der Waals surface area contributed by atoms with Crippen LogP contribution in [0.15, 0.2) is 22.7 Å². The van der Waals surface area contributed by atoms with Gasteiger partial charge in [0, 0.05) is 24.6 Å². The molecule has 0 fully saturated rings. The SMILES string of the molecule is CC(C)(CC(N)=O)NCc1ccc(Br)c([N+](=O)[O-])c1. The zero-order chi connectivity index (χ0) is 14.6. The number of carbonyl (C=O) groups excluding carboxylic acids is 1. The zero-order valence-electron chi connectivity index (χ0n) is 10.8. The predicted octanol–water partition coefficient (Wildman–Crippen LogP) is 2.10. The molecule has 1 aromatic rings. The van der Waals surface area contributed by atoms with Crippen LogP contribution < -0.4 is 11.1 Å². The molecular weight excluding hydrogens is 314 g/mol. The molecule has 104 valence electrons. The summed E-state index contributed by atoms with van der Waals surface area (Å²) in [6.45, 7) is 4.13.